The number of hydrogen-bond acceptors (Lipinski definition) is 3. The molecule has 0 aliphatic rings. The lowest BCUT2D eigenvalue weighted by atomic mass is 10.4. The molecule has 1 aromatic rings. The van der Waals surface area contributed by atoms with Gasteiger partial charge in [0.15, 0.2) is 0 Å². The van der Waals surface area contributed by atoms with Gasteiger partial charge in [0.2, 0.25) is 0 Å². The Balaban J connectivity index is 2.39. The van der Waals surface area contributed by atoms with Crippen molar-refractivity contribution in [2.45, 2.75) is 33.4 Å². The van der Waals surface area contributed by atoms with Gasteiger partial charge in [-0.05, 0) is 19.9 Å². The van der Waals surface area contributed by atoms with Gasteiger partial charge in [0, 0.05) is 6.54 Å². The maximum atomic E-state index is 4.01. The normalized spacial score (nSPS) is 10.5. The first-order valence-corrected chi connectivity index (χ1v) is 4.45. The Morgan fingerprint density at radius 2 is 2.33 bits per heavy atom. The van der Waals surface area contributed by atoms with Gasteiger partial charge < -0.3 is 9.88 Å². The lowest BCUT2D eigenvalue weighted by Gasteiger charge is -2.03. The highest BCUT2D eigenvalue weighted by atomic mass is 15.3. The first-order valence-electron chi connectivity index (χ1n) is 4.45. The summed E-state index contributed by atoms with van der Waals surface area (Å²) in [5.41, 5.74) is 0. The summed E-state index contributed by atoms with van der Waals surface area (Å²) in [4.78, 5) is 0. The van der Waals surface area contributed by atoms with Gasteiger partial charge in [-0.1, -0.05) is 6.92 Å². The van der Waals surface area contributed by atoms with E-state index in [1.54, 1.807) is 6.33 Å². The van der Waals surface area contributed by atoms with Crippen molar-refractivity contribution < 1.29 is 0 Å². The fourth-order valence-electron chi connectivity index (χ4n) is 1.06. The predicted molar refractivity (Wildman–Crippen MR) is 47.7 cm³/mol. The quantitative estimate of drug-likeness (QED) is 0.661. The summed E-state index contributed by atoms with van der Waals surface area (Å²) in [5, 5.41) is 11.1. The van der Waals surface area contributed by atoms with Crippen LogP contribution in [0.3, 0.4) is 0 Å². The van der Waals surface area contributed by atoms with E-state index >= 15 is 0 Å². The van der Waals surface area contributed by atoms with E-state index in [1.165, 1.54) is 0 Å². The summed E-state index contributed by atoms with van der Waals surface area (Å²) in [6.45, 7) is 7.04. The maximum absolute atomic E-state index is 4.01. The molecule has 0 fully saturated rings. The predicted octanol–water partition coefficient (Wildman–Crippen LogP) is 0.798. The van der Waals surface area contributed by atoms with E-state index in [2.05, 4.69) is 29.4 Å². The van der Waals surface area contributed by atoms with Crippen molar-refractivity contribution in [1.82, 2.24) is 20.1 Å². The first kappa shape index (κ1) is 9.19. The molecular weight excluding hydrogens is 152 g/mol. The van der Waals surface area contributed by atoms with Gasteiger partial charge in [-0.15, -0.1) is 10.2 Å². The zero-order chi connectivity index (χ0) is 8.81. The molecule has 68 valence electrons. The third kappa shape index (κ3) is 2.30. The summed E-state index contributed by atoms with van der Waals surface area (Å²) in [6.07, 6.45) is 2.92. The Morgan fingerprint density at radius 3 is 3.00 bits per heavy atom. The summed E-state index contributed by atoms with van der Waals surface area (Å²) < 4.78 is 2.04. The monoisotopic (exact) mass is 168 g/mol. The maximum Gasteiger partial charge on any atom is 0.146 e. The van der Waals surface area contributed by atoms with E-state index in [0.29, 0.717) is 0 Å². The highest BCUT2D eigenvalue weighted by Gasteiger charge is 1.99. The molecule has 1 aromatic heterocycles. The van der Waals surface area contributed by atoms with E-state index in [9.17, 15) is 0 Å². The fourth-order valence-corrected chi connectivity index (χ4v) is 1.06. The largest absolute Gasteiger partial charge is 0.317 e. The van der Waals surface area contributed by atoms with E-state index in [0.717, 1.165) is 31.9 Å². The molecule has 0 amide bonds. The van der Waals surface area contributed by atoms with Crippen LogP contribution in [0.2, 0.25) is 0 Å². The van der Waals surface area contributed by atoms with Crippen molar-refractivity contribution in [3.8, 4) is 0 Å². The zero-order valence-corrected chi connectivity index (χ0v) is 7.75. The Bertz CT molecular complexity index is 219. The number of aromatic nitrogens is 3. The summed E-state index contributed by atoms with van der Waals surface area (Å²) >= 11 is 0. The molecule has 0 spiro atoms. The van der Waals surface area contributed by atoms with Crippen LogP contribution in [0.15, 0.2) is 6.33 Å². The molecular formula is C8H16N4. The second kappa shape index (κ2) is 4.87. The molecule has 0 aliphatic carbocycles. The third-order valence-electron chi connectivity index (χ3n) is 1.75. The Labute approximate surface area is 73.0 Å². The average Bonchev–Trinajstić information content (AvgIpc) is 2.52. The number of nitrogens with one attached hydrogen (secondary N) is 1. The molecule has 1 heterocycles. The van der Waals surface area contributed by atoms with Gasteiger partial charge in [0.25, 0.3) is 0 Å². The standard InChI is InChI=1S/C8H16N4/c1-3-5-9-6-8-11-10-7-12(8)4-2/h7,9H,3-6H2,1-2H3. The van der Waals surface area contributed by atoms with Crippen LogP contribution in [-0.2, 0) is 13.1 Å². The molecule has 4 heteroatoms. The fraction of sp³-hybridized carbons (Fsp3) is 0.750. The molecule has 1 N–H and O–H groups in total. The third-order valence-corrected chi connectivity index (χ3v) is 1.75. The summed E-state index contributed by atoms with van der Waals surface area (Å²) in [5.74, 6) is 1.02. The smallest absolute Gasteiger partial charge is 0.146 e. The molecule has 1 rings (SSSR count). The topological polar surface area (TPSA) is 42.7 Å². The molecule has 0 aromatic carbocycles. The van der Waals surface area contributed by atoms with Crippen LogP contribution < -0.4 is 5.32 Å². The van der Waals surface area contributed by atoms with Crippen molar-refractivity contribution >= 4 is 0 Å². The minimum absolute atomic E-state index is 0.821. The zero-order valence-electron chi connectivity index (χ0n) is 7.75. The second-order valence-electron chi connectivity index (χ2n) is 2.71. The van der Waals surface area contributed by atoms with Gasteiger partial charge in [0.1, 0.15) is 12.2 Å². The van der Waals surface area contributed by atoms with Crippen molar-refractivity contribution in [3.63, 3.8) is 0 Å². The SMILES string of the molecule is CCCNCc1nncn1CC. The van der Waals surface area contributed by atoms with E-state index < -0.39 is 0 Å². The molecule has 12 heavy (non-hydrogen) atoms. The van der Waals surface area contributed by atoms with Crippen molar-refractivity contribution in [1.29, 1.82) is 0 Å². The average molecular weight is 168 g/mol. The lowest BCUT2D eigenvalue weighted by molar-refractivity contribution is 0.607. The summed E-state index contributed by atoms with van der Waals surface area (Å²) in [7, 11) is 0. The van der Waals surface area contributed by atoms with Gasteiger partial charge in [0.05, 0.1) is 6.54 Å². The van der Waals surface area contributed by atoms with Crippen LogP contribution in [0.5, 0.6) is 0 Å². The molecule has 0 radical (unpaired) electrons. The van der Waals surface area contributed by atoms with Crippen LogP contribution in [0.25, 0.3) is 0 Å². The minimum atomic E-state index is 0.821. The lowest BCUT2D eigenvalue weighted by Crippen LogP contribution is -2.17. The molecule has 0 atom stereocenters. The summed E-state index contributed by atoms with van der Waals surface area (Å²) in [6, 6.07) is 0. The Hall–Kier alpha value is -0.900. The van der Waals surface area contributed by atoms with E-state index in [1.807, 2.05) is 4.57 Å². The van der Waals surface area contributed by atoms with Gasteiger partial charge in [-0.3, -0.25) is 0 Å². The van der Waals surface area contributed by atoms with Crippen LogP contribution in [0.4, 0.5) is 0 Å². The molecule has 4 nitrogen and oxygen atoms in total. The van der Waals surface area contributed by atoms with Crippen molar-refractivity contribution in [2.24, 2.45) is 0 Å². The molecule has 0 saturated heterocycles. The van der Waals surface area contributed by atoms with Crippen LogP contribution in [0, 0.1) is 0 Å². The Kier molecular flexibility index (Phi) is 3.73. The van der Waals surface area contributed by atoms with Crippen molar-refractivity contribution in [3.05, 3.63) is 12.2 Å². The van der Waals surface area contributed by atoms with Gasteiger partial charge >= 0.3 is 0 Å². The van der Waals surface area contributed by atoms with Gasteiger partial charge in [-0.25, -0.2) is 0 Å². The van der Waals surface area contributed by atoms with Crippen LogP contribution in [0.1, 0.15) is 26.1 Å². The van der Waals surface area contributed by atoms with Crippen LogP contribution >= 0.6 is 0 Å². The second-order valence-corrected chi connectivity index (χ2v) is 2.71. The van der Waals surface area contributed by atoms with Crippen molar-refractivity contribution in [2.75, 3.05) is 6.54 Å². The molecule has 0 bridgehead atoms. The number of nitrogens with zero attached hydrogens (tertiary/aromatic N) is 3. The first-order chi connectivity index (χ1) is 5.88. The Morgan fingerprint density at radius 1 is 1.50 bits per heavy atom. The number of aryl methyl sites for hydroxylation is 1. The highest BCUT2D eigenvalue weighted by Crippen LogP contribution is 1.93. The van der Waals surface area contributed by atoms with E-state index in [-0.39, 0.29) is 0 Å². The molecule has 0 unspecified atom stereocenters. The number of hydrogen-bond donors (Lipinski definition) is 1. The van der Waals surface area contributed by atoms with Gasteiger partial charge in [-0.2, -0.15) is 0 Å². The molecule has 0 aliphatic heterocycles. The molecule has 0 saturated carbocycles. The minimum Gasteiger partial charge on any atom is -0.317 e. The number of rotatable bonds is 5. The van der Waals surface area contributed by atoms with E-state index in [4.69, 9.17) is 0 Å². The highest BCUT2D eigenvalue weighted by molar-refractivity contribution is 4.84. The van der Waals surface area contributed by atoms with Crippen LogP contribution in [-0.4, -0.2) is 21.3 Å².